The molecule has 0 aliphatic carbocycles. The van der Waals surface area contributed by atoms with Crippen molar-refractivity contribution in [2.24, 2.45) is 5.41 Å². The van der Waals surface area contributed by atoms with Crippen molar-refractivity contribution in [1.29, 1.82) is 0 Å². The van der Waals surface area contributed by atoms with E-state index in [2.05, 4.69) is 31.1 Å². The fourth-order valence-corrected chi connectivity index (χ4v) is 3.06. The highest BCUT2D eigenvalue weighted by Gasteiger charge is 2.34. The molecule has 1 heterocycles. The van der Waals surface area contributed by atoms with Crippen LogP contribution in [0.15, 0.2) is 24.3 Å². The third-order valence-electron chi connectivity index (χ3n) is 4.68. The van der Waals surface area contributed by atoms with Gasteiger partial charge in [0.1, 0.15) is 5.82 Å². The van der Waals surface area contributed by atoms with Gasteiger partial charge in [-0.3, -0.25) is 4.90 Å². The van der Waals surface area contributed by atoms with E-state index in [0.29, 0.717) is 5.41 Å². The molecule has 0 amide bonds. The molecule has 2 rings (SSSR count). The maximum Gasteiger partial charge on any atom is 0.127 e. The summed E-state index contributed by atoms with van der Waals surface area (Å²) in [5, 5.41) is 3.46. The third-order valence-corrected chi connectivity index (χ3v) is 4.68. The number of nitrogens with zero attached hydrogens (tertiary/aromatic N) is 1. The lowest BCUT2D eigenvalue weighted by Gasteiger charge is -2.35. The van der Waals surface area contributed by atoms with Crippen LogP contribution in [0.5, 0.6) is 0 Å². The van der Waals surface area contributed by atoms with E-state index in [1.54, 1.807) is 12.1 Å². The van der Waals surface area contributed by atoms with Crippen LogP contribution < -0.4 is 5.32 Å². The number of hydrogen-bond acceptors (Lipinski definition) is 2. The predicted octanol–water partition coefficient (Wildman–Crippen LogP) is 3.21. The molecule has 0 aromatic heterocycles. The van der Waals surface area contributed by atoms with E-state index in [1.807, 2.05) is 12.1 Å². The summed E-state index contributed by atoms with van der Waals surface area (Å²) in [7, 11) is 2.10. The molecule has 3 heteroatoms. The van der Waals surface area contributed by atoms with Crippen molar-refractivity contribution < 1.29 is 4.39 Å². The van der Waals surface area contributed by atoms with Crippen LogP contribution in [0.4, 0.5) is 4.39 Å². The Morgan fingerprint density at radius 2 is 2.16 bits per heavy atom. The van der Waals surface area contributed by atoms with Gasteiger partial charge in [0.15, 0.2) is 0 Å². The molecule has 0 bridgehead atoms. The van der Waals surface area contributed by atoms with Gasteiger partial charge in [0, 0.05) is 24.7 Å². The van der Waals surface area contributed by atoms with E-state index in [4.69, 9.17) is 0 Å². The van der Waals surface area contributed by atoms with Gasteiger partial charge < -0.3 is 5.32 Å². The van der Waals surface area contributed by atoms with Crippen molar-refractivity contribution >= 4 is 0 Å². The van der Waals surface area contributed by atoms with Gasteiger partial charge in [0.25, 0.3) is 0 Å². The molecule has 2 unspecified atom stereocenters. The van der Waals surface area contributed by atoms with Gasteiger partial charge in [-0.25, -0.2) is 4.39 Å². The Morgan fingerprint density at radius 1 is 1.42 bits per heavy atom. The van der Waals surface area contributed by atoms with E-state index in [0.717, 1.165) is 25.2 Å². The third kappa shape index (κ3) is 3.15. The average molecular weight is 264 g/mol. The molecule has 0 saturated carbocycles. The zero-order valence-electron chi connectivity index (χ0n) is 12.2. The highest BCUT2D eigenvalue weighted by molar-refractivity contribution is 5.20. The quantitative estimate of drug-likeness (QED) is 0.878. The van der Waals surface area contributed by atoms with Gasteiger partial charge in [-0.2, -0.15) is 0 Å². The van der Waals surface area contributed by atoms with Gasteiger partial charge in [0.05, 0.1) is 0 Å². The van der Waals surface area contributed by atoms with Crippen LogP contribution in [0, 0.1) is 11.2 Å². The van der Waals surface area contributed by atoms with Crippen LogP contribution in [0.2, 0.25) is 0 Å². The summed E-state index contributed by atoms with van der Waals surface area (Å²) in [4.78, 5) is 2.29. The Morgan fingerprint density at radius 3 is 2.74 bits per heavy atom. The van der Waals surface area contributed by atoms with Crippen molar-refractivity contribution in [3.8, 4) is 0 Å². The van der Waals surface area contributed by atoms with Gasteiger partial charge in [-0.05, 0) is 44.8 Å². The Labute approximate surface area is 116 Å². The molecule has 1 fully saturated rings. The SMILES string of the molecule is CCC1(CN(C)C(C)c2ccccc2F)CCNC1. The zero-order chi connectivity index (χ0) is 13.9. The molecule has 19 heavy (non-hydrogen) atoms. The maximum absolute atomic E-state index is 13.9. The summed E-state index contributed by atoms with van der Waals surface area (Å²) < 4.78 is 13.9. The van der Waals surface area contributed by atoms with Crippen molar-refractivity contribution in [1.82, 2.24) is 10.2 Å². The molecular formula is C16H25FN2. The molecule has 0 spiro atoms. The van der Waals surface area contributed by atoms with Crippen LogP contribution >= 0.6 is 0 Å². The lowest BCUT2D eigenvalue weighted by Crippen LogP contribution is -2.38. The number of benzene rings is 1. The Bertz CT molecular complexity index is 413. The van der Waals surface area contributed by atoms with Crippen molar-refractivity contribution in [3.05, 3.63) is 35.6 Å². The van der Waals surface area contributed by atoms with Crippen LogP contribution in [0.1, 0.15) is 38.3 Å². The second-order valence-corrected chi connectivity index (χ2v) is 5.89. The lowest BCUT2D eigenvalue weighted by atomic mass is 9.83. The van der Waals surface area contributed by atoms with E-state index >= 15 is 0 Å². The summed E-state index contributed by atoms with van der Waals surface area (Å²) in [5.41, 5.74) is 1.15. The Kier molecular flexibility index (Phi) is 4.58. The number of halogens is 1. The van der Waals surface area contributed by atoms with Crippen LogP contribution in [0.3, 0.4) is 0 Å². The highest BCUT2D eigenvalue weighted by atomic mass is 19.1. The molecule has 2 atom stereocenters. The molecular weight excluding hydrogens is 239 g/mol. The summed E-state index contributed by atoms with van der Waals surface area (Å²) in [5.74, 6) is -0.100. The average Bonchev–Trinajstić information content (AvgIpc) is 2.87. The fraction of sp³-hybridized carbons (Fsp3) is 0.625. The summed E-state index contributed by atoms with van der Waals surface area (Å²) in [6.07, 6.45) is 2.40. The molecule has 1 saturated heterocycles. The molecule has 1 aromatic rings. The van der Waals surface area contributed by atoms with Crippen LogP contribution in [-0.2, 0) is 0 Å². The maximum atomic E-state index is 13.9. The van der Waals surface area contributed by atoms with Gasteiger partial charge >= 0.3 is 0 Å². The Hall–Kier alpha value is -0.930. The second-order valence-electron chi connectivity index (χ2n) is 5.89. The molecule has 2 nitrogen and oxygen atoms in total. The van der Waals surface area contributed by atoms with E-state index < -0.39 is 0 Å². The summed E-state index contributed by atoms with van der Waals surface area (Å²) in [6, 6.07) is 7.22. The number of rotatable bonds is 5. The smallest absolute Gasteiger partial charge is 0.127 e. The summed E-state index contributed by atoms with van der Waals surface area (Å²) >= 11 is 0. The topological polar surface area (TPSA) is 15.3 Å². The van der Waals surface area contributed by atoms with Crippen LogP contribution in [0.25, 0.3) is 0 Å². The van der Waals surface area contributed by atoms with Crippen LogP contribution in [-0.4, -0.2) is 31.6 Å². The first kappa shape index (κ1) is 14.5. The molecule has 0 radical (unpaired) electrons. The largest absolute Gasteiger partial charge is 0.316 e. The summed E-state index contributed by atoms with van der Waals surface area (Å²) in [6.45, 7) is 7.55. The molecule has 1 aliphatic rings. The van der Waals surface area contributed by atoms with Crippen molar-refractivity contribution in [2.75, 3.05) is 26.7 Å². The van der Waals surface area contributed by atoms with E-state index in [1.165, 1.54) is 12.8 Å². The van der Waals surface area contributed by atoms with Gasteiger partial charge in [0.2, 0.25) is 0 Å². The minimum absolute atomic E-state index is 0.100. The zero-order valence-corrected chi connectivity index (χ0v) is 12.2. The van der Waals surface area contributed by atoms with Crippen molar-refractivity contribution in [3.63, 3.8) is 0 Å². The minimum atomic E-state index is -0.100. The van der Waals surface area contributed by atoms with Gasteiger partial charge in [-0.15, -0.1) is 0 Å². The lowest BCUT2D eigenvalue weighted by molar-refractivity contribution is 0.148. The molecule has 106 valence electrons. The predicted molar refractivity (Wildman–Crippen MR) is 77.7 cm³/mol. The van der Waals surface area contributed by atoms with E-state index in [-0.39, 0.29) is 11.9 Å². The normalized spacial score (nSPS) is 24.9. The first-order chi connectivity index (χ1) is 9.08. The van der Waals surface area contributed by atoms with Crippen molar-refractivity contribution in [2.45, 2.75) is 32.7 Å². The minimum Gasteiger partial charge on any atom is -0.316 e. The first-order valence-corrected chi connectivity index (χ1v) is 7.23. The second kappa shape index (κ2) is 6.02. The van der Waals surface area contributed by atoms with Gasteiger partial charge in [-0.1, -0.05) is 25.1 Å². The Balaban J connectivity index is 2.07. The van der Waals surface area contributed by atoms with E-state index in [9.17, 15) is 4.39 Å². The number of nitrogens with one attached hydrogen (secondary N) is 1. The number of hydrogen-bond donors (Lipinski definition) is 1. The first-order valence-electron chi connectivity index (χ1n) is 7.23. The standard InChI is InChI=1S/C16H25FN2/c1-4-16(9-10-18-11-16)12-19(3)13(2)14-7-5-6-8-15(14)17/h5-8,13,18H,4,9-12H2,1-3H3. The molecule has 1 aromatic carbocycles. The fourth-order valence-electron chi connectivity index (χ4n) is 3.06. The monoisotopic (exact) mass is 264 g/mol. The highest BCUT2D eigenvalue weighted by Crippen LogP contribution is 2.33. The molecule has 1 aliphatic heterocycles. The molecule has 1 N–H and O–H groups in total.